The molecule has 0 aromatic heterocycles. The lowest BCUT2D eigenvalue weighted by atomic mass is 9.92. The molecular weight excluding hydrogens is 769 g/mol. The number of hydrogen-bond acceptors (Lipinski definition) is 7. The minimum Gasteiger partial charge on any atom is -0.465 e. The van der Waals surface area contributed by atoms with E-state index < -0.39 is 0 Å². The van der Waals surface area contributed by atoms with Crippen molar-refractivity contribution in [2.24, 2.45) is 11.8 Å². The molecule has 1 aliphatic rings. The molecule has 0 aliphatic heterocycles. The van der Waals surface area contributed by atoms with Crippen LogP contribution in [0.5, 0.6) is 0 Å². The van der Waals surface area contributed by atoms with Crippen LogP contribution in [-0.4, -0.2) is 92.4 Å². The Balaban J connectivity index is 2.43. The van der Waals surface area contributed by atoms with Gasteiger partial charge in [-0.3, -0.25) is 9.69 Å². The van der Waals surface area contributed by atoms with E-state index in [2.05, 4.69) is 44.4 Å². The van der Waals surface area contributed by atoms with E-state index >= 15 is 0 Å². The highest BCUT2D eigenvalue weighted by Gasteiger charge is 2.24. The van der Waals surface area contributed by atoms with Crippen LogP contribution in [0, 0.1) is 11.8 Å². The Bertz CT molecular complexity index is 914. The van der Waals surface area contributed by atoms with Crippen LogP contribution in [0.3, 0.4) is 0 Å². The average Bonchev–Trinajstić information content (AvgIpc) is 3.28. The molecule has 0 aromatic rings. The summed E-state index contributed by atoms with van der Waals surface area (Å²) in [6.07, 6.45) is 44.2. The molecule has 0 spiro atoms. The summed E-state index contributed by atoms with van der Waals surface area (Å²) in [4.78, 5) is 18.2. The summed E-state index contributed by atoms with van der Waals surface area (Å²) in [6.45, 7) is 19.7. The minimum absolute atomic E-state index is 0.0144. The lowest BCUT2D eigenvalue weighted by Crippen LogP contribution is -2.43. The first-order chi connectivity index (χ1) is 30.5. The van der Waals surface area contributed by atoms with E-state index in [1.165, 1.54) is 173 Å². The second-order valence-corrected chi connectivity index (χ2v) is 19.8. The number of hydrogen-bond donors (Lipinski definition) is 1. The summed E-state index contributed by atoms with van der Waals surface area (Å²) >= 11 is 0. The van der Waals surface area contributed by atoms with E-state index in [1.54, 1.807) is 0 Å². The Morgan fingerprint density at radius 3 is 1.48 bits per heavy atom. The fourth-order valence-electron chi connectivity index (χ4n) is 9.69. The van der Waals surface area contributed by atoms with Crippen LogP contribution in [0.25, 0.3) is 0 Å². The summed E-state index contributed by atoms with van der Waals surface area (Å²) in [5.41, 5.74) is 0. The molecule has 0 bridgehead atoms. The molecule has 0 heterocycles. The predicted molar refractivity (Wildman–Crippen MR) is 267 cm³/mol. The van der Waals surface area contributed by atoms with Crippen LogP contribution in [0.1, 0.15) is 266 Å². The fraction of sp³-hybridized carbons (Fsp3) is 0.982. The van der Waals surface area contributed by atoms with Crippen molar-refractivity contribution in [3.05, 3.63) is 0 Å². The zero-order valence-electron chi connectivity index (χ0n) is 42.6. The van der Waals surface area contributed by atoms with Gasteiger partial charge in [-0.2, -0.15) is 0 Å². The highest BCUT2D eigenvalue weighted by molar-refractivity contribution is 5.69. The number of carbonyl (C=O) groups excluding carboxylic acids is 1. The summed E-state index contributed by atoms with van der Waals surface area (Å²) in [5.74, 6) is 1.24. The van der Waals surface area contributed by atoms with E-state index in [-0.39, 0.29) is 12.1 Å². The van der Waals surface area contributed by atoms with Crippen molar-refractivity contribution in [1.29, 1.82) is 0 Å². The largest absolute Gasteiger partial charge is 0.465 e. The van der Waals surface area contributed by atoms with Crippen molar-refractivity contribution < 1.29 is 24.1 Å². The molecule has 0 saturated heterocycles. The quantitative estimate of drug-likeness (QED) is 0.0371. The molecule has 370 valence electrons. The smallest absolute Gasteiger partial charge is 0.305 e. The molecule has 1 aliphatic carbocycles. The second kappa shape index (κ2) is 45.4. The number of esters is 1. The van der Waals surface area contributed by atoms with Crippen LogP contribution >= 0.6 is 0 Å². The van der Waals surface area contributed by atoms with E-state index in [0.29, 0.717) is 37.7 Å². The molecule has 1 saturated carbocycles. The molecule has 1 rings (SSSR count). The van der Waals surface area contributed by atoms with Gasteiger partial charge in [0.1, 0.15) is 6.79 Å². The zero-order chi connectivity index (χ0) is 45.0. The van der Waals surface area contributed by atoms with Crippen molar-refractivity contribution >= 4 is 5.97 Å². The first kappa shape index (κ1) is 59.3. The summed E-state index contributed by atoms with van der Waals surface area (Å²) in [6, 6.07) is 0.610. The number of nitrogens with zero attached hydrogens (tertiary/aromatic N) is 2. The molecule has 0 radical (unpaired) electrons. The van der Waals surface area contributed by atoms with Gasteiger partial charge in [0.05, 0.1) is 19.3 Å². The first-order valence-electron chi connectivity index (χ1n) is 27.9. The first-order valence-corrected chi connectivity index (χ1v) is 27.9. The topological polar surface area (TPSA) is 71.5 Å². The van der Waals surface area contributed by atoms with Crippen LogP contribution < -0.4 is 0 Å². The van der Waals surface area contributed by atoms with Gasteiger partial charge in [-0.05, 0) is 109 Å². The van der Waals surface area contributed by atoms with Crippen LogP contribution in [0.2, 0.25) is 0 Å². The van der Waals surface area contributed by atoms with E-state index in [4.69, 9.17) is 14.2 Å². The molecule has 2 unspecified atom stereocenters. The molecule has 0 aromatic carbocycles. The third-order valence-electron chi connectivity index (χ3n) is 14.0. The fourth-order valence-corrected chi connectivity index (χ4v) is 9.69. The van der Waals surface area contributed by atoms with Gasteiger partial charge in [-0.15, -0.1) is 0 Å². The SMILES string of the molecule is CCCCCCCCC(CCCCCC)COCOCCCCCCN(CCCCCC(=O)OCC(CCCCCC)CCCCCCCC)CCN(CC)C1CCC(O)CC1. The van der Waals surface area contributed by atoms with Gasteiger partial charge in [0.2, 0.25) is 0 Å². The summed E-state index contributed by atoms with van der Waals surface area (Å²) in [5, 5.41) is 10.1. The monoisotopic (exact) mass is 879 g/mol. The Kier molecular flexibility index (Phi) is 43.4. The Morgan fingerprint density at radius 2 is 0.952 bits per heavy atom. The molecule has 2 atom stereocenters. The maximum Gasteiger partial charge on any atom is 0.305 e. The number of ether oxygens (including phenoxy) is 3. The minimum atomic E-state index is -0.101. The van der Waals surface area contributed by atoms with E-state index in [9.17, 15) is 9.90 Å². The number of likely N-dealkylation sites (N-methyl/N-ethyl adjacent to an activating group) is 1. The Morgan fingerprint density at radius 1 is 0.500 bits per heavy atom. The Labute approximate surface area is 387 Å². The van der Waals surface area contributed by atoms with Gasteiger partial charge < -0.3 is 24.2 Å². The third kappa shape index (κ3) is 36.5. The lowest BCUT2D eigenvalue weighted by Gasteiger charge is -2.36. The van der Waals surface area contributed by atoms with Gasteiger partial charge in [0.15, 0.2) is 0 Å². The normalized spacial score (nSPS) is 16.7. The lowest BCUT2D eigenvalue weighted by molar-refractivity contribution is -0.145. The number of carbonyl (C=O) groups is 1. The molecular formula is C55H110N2O5. The molecule has 7 heteroatoms. The predicted octanol–water partition coefficient (Wildman–Crippen LogP) is 15.2. The third-order valence-corrected chi connectivity index (χ3v) is 14.0. The Hall–Kier alpha value is -0.730. The van der Waals surface area contributed by atoms with Gasteiger partial charge in [-0.25, -0.2) is 0 Å². The van der Waals surface area contributed by atoms with Crippen molar-refractivity contribution in [3.8, 4) is 0 Å². The molecule has 0 amide bonds. The standard InChI is InChI=1S/C55H110N2O5/c1-6-11-15-19-21-28-35-51(34-26-17-13-8-3)48-61-50-60-47-33-24-23-31-43-56(45-46-57(10-5)53-39-41-54(58)42-40-53)44-32-25-30-38-55(59)62-49-52(36-27-18-14-9-4)37-29-22-20-16-12-7-2/h51-54,58H,6-50H2,1-5H3. The number of aliphatic hydroxyl groups excluding tert-OH is 1. The maximum atomic E-state index is 12.8. The number of unbranched alkanes of at least 4 members (excludes halogenated alkanes) is 21. The molecule has 62 heavy (non-hydrogen) atoms. The second-order valence-electron chi connectivity index (χ2n) is 19.8. The summed E-state index contributed by atoms with van der Waals surface area (Å²) < 4.78 is 17.9. The van der Waals surface area contributed by atoms with E-state index in [1.807, 2.05) is 0 Å². The van der Waals surface area contributed by atoms with Crippen molar-refractivity contribution in [3.63, 3.8) is 0 Å². The van der Waals surface area contributed by atoms with Crippen molar-refractivity contribution in [1.82, 2.24) is 9.80 Å². The average molecular weight is 879 g/mol. The van der Waals surface area contributed by atoms with Crippen molar-refractivity contribution in [2.45, 2.75) is 278 Å². The molecule has 7 nitrogen and oxygen atoms in total. The van der Waals surface area contributed by atoms with Gasteiger partial charge >= 0.3 is 5.97 Å². The van der Waals surface area contributed by atoms with E-state index in [0.717, 1.165) is 97.3 Å². The molecule has 1 fully saturated rings. The number of aliphatic hydroxyl groups is 1. The zero-order valence-corrected chi connectivity index (χ0v) is 42.6. The van der Waals surface area contributed by atoms with Crippen molar-refractivity contribution in [2.75, 3.05) is 59.3 Å². The van der Waals surface area contributed by atoms with Gasteiger partial charge in [0, 0.05) is 32.2 Å². The van der Waals surface area contributed by atoms with Gasteiger partial charge in [0.25, 0.3) is 0 Å². The highest BCUT2D eigenvalue weighted by Crippen LogP contribution is 2.24. The highest BCUT2D eigenvalue weighted by atomic mass is 16.7. The van der Waals surface area contributed by atoms with Crippen LogP contribution in [0.15, 0.2) is 0 Å². The number of rotatable bonds is 48. The molecule has 1 N–H and O–H groups in total. The maximum absolute atomic E-state index is 12.8. The van der Waals surface area contributed by atoms with Crippen LogP contribution in [-0.2, 0) is 19.0 Å². The summed E-state index contributed by atoms with van der Waals surface area (Å²) in [7, 11) is 0. The van der Waals surface area contributed by atoms with Gasteiger partial charge in [-0.1, -0.05) is 182 Å². The van der Waals surface area contributed by atoms with Crippen LogP contribution in [0.4, 0.5) is 0 Å².